The smallest absolute Gasteiger partial charge is 0.224 e. The molecule has 0 N–H and O–H groups in total. The van der Waals surface area contributed by atoms with Crippen LogP contribution in [0.3, 0.4) is 0 Å². The maximum absolute atomic E-state index is 11.8. The first-order valence-corrected chi connectivity index (χ1v) is 7.56. The Kier molecular flexibility index (Phi) is 5.61. The molecule has 0 bridgehead atoms. The summed E-state index contributed by atoms with van der Waals surface area (Å²) in [5, 5.41) is 0. The molecule has 2 rings (SSSR count). The first kappa shape index (κ1) is 13.2. The van der Waals surface area contributed by atoms with Gasteiger partial charge in [-0.25, -0.2) is 0 Å². The number of rotatable bonds is 5. The quantitative estimate of drug-likeness (QED) is 0.694. The number of hydrogen-bond acceptors (Lipinski definition) is 4. The summed E-state index contributed by atoms with van der Waals surface area (Å²) in [6, 6.07) is 0. The van der Waals surface area contributed by atoms with Crippen molar-refractivity contribution in [2.45, 2.75) is 25.4 Å². The molecule has 2 fully saturated rings. The minimum atomic E-state index is 0.234. The van der Waals surface area contributed by atoms with E-state index in [2.05, 4.69) is 0 Å². The second kappa shape index (κ2) is 7.24. The Morgan fingerprint density at radius 1 is 1.41 bits per heavy atom. The van der Waals surface area contributed by atoms with E-state index in [0.717, 1.165) is 44.0 Å². The standard InChI is InChI=1S/C12H21NO3S/c14-12(13-4-8-17-9-5-13)3-7-15-10-11-2-1-6-16-11/h11H,1-10H2. The average molecular weight is 259 g/mol. The Morgan fingerprint density at radius 3 is 2.94 bits per heavy atom. The van der Waals surface area contributed by atoms with Gasteiger partial charge in [0.25, 0.3) is 0 Å². The van der Waals surface area contributed by atoms with E-state index in [-0.39, 0.29) is 12.0 Å². The molecule has 2 aliphatic heterocycles. The third-order valence-corrected chi connectivity index (χ3v) is 4.09. The first-order valence-electron chi connectivity index (χ1n) is 6.41. The lowest BCUT2D eigenvalue weighted by atomic mass is 10.2. The molecule has 2 saturated heterocycles. The summed E-state index contributed by atoms with van der Waals surface area (Å²) in [5.41, 5.74) is 0. The summed E-state index contributed by atoms with van der Waals surface area (Å²) >= 11 is 1.92. The number of thioether (sulfide) groups is 1. The van der Waals surface area contributed by atoms with Crippen LogP contribution in [0.5, 0.6) is 0 Å². The molecule has 0 aromatic carbocycles. The molecular weight excluding hydrogens is 238 g/mol. The van der Waals surface area contributed by atoms with E-state index in [0.29, 0.717) is 19.6 Å². The fourth-order valence-corrected chi connectivity index (χ4v) is 3.02. The number of nitrogens with zero attached hydrogens (tertiary/aromatic N) is 1. The predicted molar refractivity (Wildman–Crippen MR) is 68.3 cm³/mol. The third kappa shape index (κ3) is 4.48. The zero-order chi connectivity index (χ0) is 11.9. The molecule has 2 aliphatic rings. The Labute approximate surface area is 107 Å². The van der Waals surface area contributed by atoms with E-state index < -0.39 is 0 Å². The molecule has 1 atom stereocenters. The van der Waals surface area contributed by atoms with E-state index in [1.54, 1.807) is 0 Å². The third-order valence-electron chi connectivity index (χ3n) is 3.15. The lowest BCUT2D eigenvalue weighted by Gasteiger charge is -2.26. The van der Waals surface area contributed by atoms with E-state index in [1.165, 1.54) is 0 Å². The topological polar surface area (TPSA) is 38.8 Å². The van der Waals surface area contributed by atoms with Gasteiger partial charge < -0.3 is 14.4 Å². The van der Waals surface area contributed by atoms with Gasteiger partial charge >= 0.3 is 0 Å². The normalized spacial score (nSPS) is 25.2. The van der Waals surface area contributed by atoms with Crippen molar-refractivity contribution in [3.05, 3.63) is 0 Å². The van der Waals surface area contributed by atoms with E-state index in [1.807, 2.05) is 16.7 Å². The van der Waals surface area contributed by atoms with Gasteiger partial charge in [-0.05, 0) is 12.8 Å². The van der Waals surface area contributed by atoms with Gasteiger partial charge in [-0.15, -0.1) is 0 Å². The van der Waals surface area contributed by atoms with Crippen LogP contribution in [-0.4, -0.2) is 61.3 Å². The molecular formula is C12H21NO3S. The summed E-state index contributed by atoms with van der Waals surface area (Å²) in [6.07, 6.45) is 3.00. The van der Waals surface area contributed by atoms with Crippen LogP contribution in [0, 0.1) is 0 Å². The highest BCUT2D eigenvalue weighted by Gasteiger charge is 2.18. The molecule has 0 radical (unpaired) electrons. The molecule has 17 heavy (non-hydrogen) atoms. The van der Waals surface area contributed by atoms with Crippen LogP contribution in [0.2, 0.25) is 0 Å². The van der Waals surface area contributed by atoms with Gasteiger partial charge in [0, 0.05) is 31.2 Å². The van der Waals surface area contributed by atoms with Gasteiger partial charge in [0.15, 0.2) is 0 Å². The van der Waals surface area contributed by atoms with Crippen LogP contribution >= 0.6 is 11.8 Å². The van der Waals surface area contributed by atoms with Crippen molar-refractivity contribution >= 4 is 17.7 Å². The van der Waals surface area contributed by atoms with Crippen LogP contribution in [0.1, 0.15) is 19.3 Å². The van der Waals surface area contributed by atoms with Gasteiger partial charge in [-0.3, -0.25) is 4.79 Å². The summed E-state index contributed by atoms with van der Waals surface area (Å²) in [4.78, 5) is 13.7. The van der Waals surface area contributed by atoms with Gasteiger partial charge in [-0.2, -0.15) is 11.8 Å². The molecule has 0 spiro atoms. The molecule has 0 saturated carbocycles. The Hall–Kier alpha value is -0.260. The Balaban J connectivity index is 1.53. The maximum Gasteiger partial charge on any atom is 0.224 e. The number of amides is 1. The highest BCUT2D eigenvalue weighted by atomic mass is 32.2. The Bertz CT molecular complexity index is 238. The average Bonchev–Trinajstić information content (AvgIpc) is 2.88. The van der Waals surface area contributed by atoms with Crippen molar-refractivity contribution in [2.75, 3.05) is 44.4 Å². The van der Waals surface area contributed by atoms with E-state index >= 15 is 0 Å². The SMILES string of the molecule is O=C(CCOCC1CCCO1)N1CCSCC1. The van der Waals surface area contributed by atoms with Crippen molar-refractivity contribution in [1.29, 1.82) is 0 Å². The lowest BCUT2D eigenvalue weighted by molar-refractivity contribution is -0.132. The second-order valence-electron chi connectivity index (χ2n) is 4.45. The minimum Gasteiger partial charge on any atom is -0.378 e. The maximum atomic E-state index is 11.8. The zero-order valence-electron chi connectivity index (χ0n) is 10.2. The second-order valence-corrected chi connectivity index (χ2v) is 5.68. The number of carbonyl (C=O) groups excluding carboxylic acids is 1. The lowest BCUT2D eigenvalue weighted by Crippen LogP contribution is -2.38. The Morgan fingerprint density at radius 2 is 2.24 bits per heavy atom. The van der Waals surface area contributed by atoms with Gasteiger partial charge in [0.1, 0.15) is 0 Å². The van der Waals surface area contributed by atoms with Crippen molar-refractivity contribution in [1.82, 2.24) is 4.90 Å². The molecule has 2 heterocycles. The number of ether oxygens (including phenoxy) is 2. The molecule has 0 aliphatic carbocycles. The monoisotopic (exact) mass is 259 g/mol. The molecule has 98 valence electrons. The van der Waals surface area contributed by atoms with Gasteiger partial charge in [0.05, 0.1) is 25.7 Å². The summed E-state index contributed by atoms with van der Waals surface area (Å²) in [7, 11) is 0. The van der Waals surface area contributed by atoms with Crippen molar-refractivity contribution in [3.8, 4) is 0 Å². The van der Waals surface area contributed by atoms with E-state index in [9.17, 15) is 4.79 Å². The number of carbonyl (C=O) groups is 1. The summed E-state index contributed by atoms with van der Waals surface area (Å²) in [6.45, 7) is 3.83. The summed E-state index contributed by atoms with van der Waals surface area (Å²) in [5.74, 6) is 2.38. The van der Waals surface area contributed by atoms with Crippen molar-refractivity contribution < 1.29 is 14.3 Å². The zero-order valence-corrected chi connectivity index (χ0v) is 11.0. The van der Waals surface area contributed by atoms with Crippen LogP contribution < -0.4 is 0 Å². The van der Waals surface area contributed by atoms with Crippen LogP contribution in [0.25, 0.3) is 0 Å². The minimum absolute atomic E-state index is 0.234. The van der Waals surface area contributed by atoms with Gasteiger partial charge in [0.2, 0.25) is 5.91 Å². The van der Waals surface area contributed by atoms with Crippen molar-refractivity contribution in [3.63, 3.8) is 0 Å². The molecule has 0 aromatic heterocycles. The van der Waals surface area contributed by atoms with Crippen LogP contribution in [0.15, 0.2) is 0 Å². The van der Waals surface area contributed by atoms with E-state index in [4.69, 9.17) is 9.47 Å². The molecule has 4 nitrogen and oxygen atoms in total. The fourth-order valence-electron chi connectivity index (χ4n) is 2.12. The molecule has 1 unspecified atom stereocenters. The van der Waals surface area contributed by atoms with Crippen molar-refractivity contribution in [2.24, 2.45) is 0 Å². The first-order chi connectivity index (χ1) is 8.36. The van der Waals surface area contributed by atoms with Crippen LogP contribution in [-0.2, 0) is 14.3 Å². The largest absolute Gasteiger partial charge is 0.378 e. The summed E-state index contributed by atoms with van der Waals surface area (Å²) < 4.78 is 11.0. The molecule has 5 heteroatoms. The van der Waals surface area contributed by atoms with Gasteiger partial charge in [-0.1, -0.05) is 0 Å². The molecule has 1 amide bonds. The van der Waals surface area contributed by atoms with Crippen LogP contribution in [0.4, 0.5) is 0 Å². The molecule has 0 aromatic rings. The number of hydrogen-bond donors (Lipinski definition) is 0. The highest BCUT2D eigenvalue weighted by molar-refractivity contribution is 7.99. The predicted octanol–water partition coefficient (Wildman–Crippen LogP) is 1.15. The highest BCUT2D eigenvalue weighted by Crippen LogP contribution is 2.12. The fraction of sp³-hybridized carbons (Fsp3) is 0.917.